The first kappa shape index (κ1) is 14.7. The molecule has 6 atom stereocenters. The highest BCUT2D eigenvalue weighted by atomic mass is 16.3. The second-order valence-corrected chi connectivity index (χ2v) is 9.21. The first-order valence-electron chi connectivity index (χ1n) is 8.81. The Hall–Kier alpha value is -0.890. The largest absolute Gasteiger partial charge is 0.385 e. The van der Waals surface area contributed by atoms with Gasteiger partial charge in [0.25, 0.3) is 0 Å². The van der Waals surface area contributed by atoms with Gasteiger partial charge in [-0.3, -0.25) is 4.79 Å². The third kappa shape index (κ3) is 1.52. The van der Waals surface area contributed by atoms with Crippen LogP contribution in [0.25, 0.3) is 0 Å². The smallest absolute Gasteiger partial charge is 0.159 e. The summed E-state index contributed by atoms with van der Waals surface area (Å²) in [4.78, 5) is 12.4. The van der Waals surface area contributed by atoms with E-state index in [-0.39, 0.29) is 27.9 Å². The molecule has 1 unspecified atom stereocenters. The molecule has 22 heavy (non-hydrogen) atoms. The van der Waals surface area contributed by atoms with E-state index in [1.165, 1.54) is 0 Å². The van der Waals surface area contributed by atoms with Crippen molar-refractivity contribution in [3.05, 3.63) is 24.3 Å². The molecule has 0 aromatic carbocycles. The van der Waals surface area contributed by atoms with Gasteiger partial charge in [-0.2, -0.15) is 0 Å². The van der Waals surface area contributed by atoms with Crippen molar-refractivity contribution in [3.8, 4) is 0 Å². The zero-order valence-electron chi connectivity index (χ0n) is 14.1. The van der Waals surface area contributed by atoms with Crippen LogP contribution in [0.1, 0.15) is 59.3 Å². The van der Waals surface area contributed by atoms with Crippen LogP contribution in [0.15, 0.2) is 24.3 Å². The monoisotopic (exact) mass is 300 g/mol. The van der Waals surface area contributed by atoms with Gasteiger partial charge in [-0.05, 0) is 66.9 Å². The quantitative estimate of drug-likeness (QED) is 0.742. The van der Waals surface area contributed by atoms with Crippen molar-refractivity contribution in [1.82, 2.24) is 0 Å². The van der Waals surface area contributed by atoms with Crippen molar-refractivity contribution in [2.75, 3.05) is 0 Å². The summed E-state index contributed by atoms with van der Waals surface area (Å²) in [7, 11) is 0. The molecule has 1 N–H and O–H groups in total. The number of allylic oxidation sites excluding steroid dienone is 2. The first-order chi connectivity index (χ1) is 10.2. The van der Waals surface area contributed by atoms with E-state index >= 15 is 0 Å². The van der Waals surface area contributed by atoms with Gasteiger partial charge in [-0.1, -0.05) is 26.8 Å². The van der Waals surface area contributed by atoms with Crippen LogP contribution >= 0.6 is 0 Å². The molecule has 0 bridgehead atoms. The van der Waals surface area contributed by atoms with Crippen molar-refractivity contribution in [2.24, 2.45) is 28.1 Å². The number of hydrogen-bond donors (Lipinski definition) is 1. The normalized spacial score (nSPS) is 56.4. The van der Waals surface area contributed by atoms with Crippen molar-refractivity contribution in [2.45, 2.75) is 64.9 Å². The van der Waals surface area contributed by atoms with Gasteiger partial charge in [-0.15, -0.1) is 6.58 Å². The predicted molar refractivity (Wildman–Crippen MR) is 87.2 cm³/mol. The molecule has 0 spiro atoms. The summed E-state index contributed by atoms with van der Waals surface area (Å²) in [5.74, 6) is 0.895. The van der Waals surface area contributed by atoms with Gasteiger partial charge in [0.15, 0.2) is 5.78 Å². The molecule has 0 radical (unpaired) electrons. The van der Waals surface area contributed by atoms with Crippen molar-refractivity contribution < 1.29 is 9.90 Å². The van der Waals surface area contributed by atoms with Crippen molar-refractivity contribution in [1.29, 1.82) is 0 Å². The predicted octanol–water partition coefficient (Wildman–Crippen LogP) is 4.05. The van der Waals surface area contributed by atoms with E-state index in [0.717, 1.165) is 44.1 Å². The molecule has 4 aliphatic rings. The maximum Gasteiger partial charge on any atom is 0.159 e. The van der Waals surface area contributed by atoms with Gasteiger partial charge in [0.2, 0.25) is 0 Å². The van der Waals surface area contributed by atoms with E-state index in [1.54, 1.807) is 0 Å². The summed E-state index contributed by atoms with van der Waals surface area (Å²) >= 11 is 0. The van der Waals surface area contributed by atoms with Gasteiger partial charge < -0.3 is 5.11 Å². The van der Waals surface area contributed by atoms with Gasteiger partial charge in [0.05, 0.1) is 5.60 Å². The standard InChI is InChI=1S/C20H28O2/c1-5-17(2)8-9-18(3)13(11-17)6-7-20(22)16(18)10-15(21)14-12-19(14,20)4/h5,10,13-14,22H,1,6-9,11-12H2,2-4H3/t13-,14+,17-,18?,19+,20+/m1/s1. The van der Waals surface area contributed by atoms with Crippen LogP contribution < -0.4 is 0 Å². The lowest BCUT2D eigenvalue weighted by molar-refractivity contribution is -0.124. The maximum atomic E-state index is 12.4. The molecule has 0 saturated heterocycles. The summed E-state index contributed by atoms with van der Waals surface area (Å²) < 4.78 is 0. The Labute approximate surface area is 133 Å². The number of ketones is 1. The van der Waals surface area contributed by atoms with Crippen LogP contribution in [0.2, 0.25) is 0 Å². The molecule has 0 aliphatic heterocycles. The zero-order chi connectivity index (χ0) is 16.0. The lowest BCUT2D eigenvalue weighted by Crippen LogP contribution is -2.56. The molecule has 120 valence electrons. The van der Waals surface area contributed by atoms with Gasteiger partial charge in [0, 0.05) is 11.3 Å². The summed E-state index contributed by atoms with van der Waals surface area (Å²) in [6.07, 6.45) is 10.0. The number of hydrogen-bond acceptors (Lipinski definition) is 2. The van der Waals surface area contributed by atoms with Crippen LogP contribution in [0.5, 0.6) is 0 Å². The van der Waals surface area contributed by atoms with E-state index in [2.05, 4.69) is 33.4 Å². The highest BCUT2D eigenvalue weighted by Gasteiger charge is 2.72. The third-order valence-electron chi connectivity index (χ3n) is 8.05. The fourth-order valence-electron chi connectivity index (χ4n) is 5.95. The number of aliphatic hydroxyl groups is 1. The molecule has 0 aromatic rings. The van der Waals surface area contributed by atoms with Crippen LogP contribution in [0, 0.1) is 28.1 Å². The Balaban J connectivity index is 1.78. The van der Waals surface area contributed by atoms with Crippen LogP contribution in [0.3, 0.4) is 0 Å². The molecule has 4 rings (SSSR count). The fraction of sp³-hybridized carbons (Fsp3) is 0.750. The molecular formula is C20H28O2. The third-order valence-corrected chi connectivity index (χ3v) is 8.05. The van der Waals surface area contributed by atoms with E-state index in [4.69, 9.17) is 0 Å². The highest BCUT2D eigenvalue weighted by molar-refractivity contribution is 5.97. The molecule has 0 amide bonds. The van der Waals surface area contributed by atoms with Crippen molar-refractivity contribution >= 4 is 5.78 Å². The molecule has 3 fully saturated rings. The Kier molecular flexibility index (Phi) is 2.64. The minimum absolute atomic E-state index is 0.0122. The number of carbonyl (C=O) groups excluding carboxylic acids is 1. The lowest BCUT2D eigenvalue weighted by Gasteiger charge is -2.59. The fourth-order valence-corrected chi connectivity index (χ4v) is 5.95. The van der Waals surface area contributed by atoms with Gasteiger partial charge in [0.1, 0.15) is 0 Å². The minimum atomic E-state index is -0.737. The Bertz CT molecular complexity index is 605. The van der Waals surface area contributed by atoms with Gasteiger partial charge >= 0.3 is 0 Å². The average Bonchev–Trinajstić information content (AvgIpc) is 3.19. The molecule has 0 heterocycles. The van der Waals surface area contributed by atoms with Gasteiger partial charge in [-0.25, -0.2) is 0 Å². The van der Waals surface area contributed by atoms with Crippen LogP contribution in [0.4, 0.5) is 0 Å². The summed E-state index contributed by atoms with van der Waals surface area (Å²) in [5, 5.41) is 11.5. The Morgan fingerprint density at radius 1 is 1.23 bits per heavy atom. The summed E-state index contributed by atoms with van der Waals surface area (Å²) in [6.45, 7) is 10.8. The SMILES string of the molecule is C=C[C@]1(C)CCC2(C)C3=CC(=O)[C@@H]4C[C@]4(C)[C@]3(O)CC[C@@H]2C1. The molecule has 2 nitrogen and oxygen atoms in total. The number of carbonyl (C=O) groups is 1. The molecule has 4 aliphatic carbocycles. The Morgan fingerprint density at radius 3 is 2.64 bits per heavy atom. The molecular weight excluding hydrogens is 272 g/mol. The number of rotatable bonds is 1. The second-order valence-electron chi connectivity index (χ2n) is 9.21. The lowest BCUT2D eigenvalue weighted by atomic mass is 9.47. The number of fused-ring (bicyclic) bond motifs is 5. The summed E-state index contributed by atoms with van der Waals surface area (Å²) in [5.41, 5.74) is 0.343. The van der Waals surface area contributed by atoms with Crippen LogP contribution in [-0.2, 0) is 4.79 Å². The minimum Gasteiger partial charge on any atom is -0.385 e. The zero-order valence-corrected chi connectivity index (χ0v) is 14.1. The molecule has 0 aromatic heterocycles. The van der Waals surface area contributed by atoms with E-state index in [1.807, 2.05) is 6.08 Å². The second kappa shape index (κ2) is 3.95. The maximum absolute atomic E-state index is 12.4. The molecule has 3 saturated carbocycles. The topological polar surface area (TPSA) is 37.3 Å². The van der Waals surface area contributed by atoms with E-state index in [0.29, 0.717) is 5.92 Å². The highest BCUT2D eigenvalue weighted by Crippen LogP contribution is 2.72. The van der Waals surface area contributed by atoms with Crippen LogP contribution in [-0.4, -0.2) is 16.5 Å². The summed E-state index contributed by atoms with van der Waals surface area (Å²) in [6, 6.07) is 0. The average molecular weight is 300 g/mol. The molecule has 2 heteroatoms. The first-order valence-corrected chi connectivity index (χ1v) is 8.81. The van der Waals surface area contributed by atoms with E-state index < -0.39 is 5.60 Å². The Morgan fingerprint density at radius 2 is 1.95 bits per heavy atom. The van der Waals surface area contributed by atoms with E-state index in [9.17, 15) is 9.90 Å². The van der Waals surface area contributed by atoms with Crippen molar-refractivity contribution in [3.63, 3.8) is 0 Å².